The fourth-order valence-electron chi connectivity index (χ4n) is 2.50. The van der Waals surface area contributed by atoms with Crippen molar-refractivity contribution in [3.05, 3.63) is 72.2 Å². The summed E-state index contributed by atoms with van der Waals surface area (Å²) in [5.74, 6) is 1.67. The van der Waals surface area contributed by atoms with Crippen molar-refractivity contribution >= 4 is 23.1 Å². The Hall–Kier alpha value is -3.41. The number of carbonyl (C=O) groups is 1. The lowest BCUT2D eigenvalue weighted by Gasteiger charge is -2.11. The van der Waals surface area contributed by atoms with Gasteiger partial charge in [0.2, 0.25) is 0 Å². The second-order valence-corrected chi connectivity index (χ2v) is 6.93. The largest absolute Gasteiger partial charge is 0.493 e. The van der Waals surface area contributed by atoms with Crippen molar-refractivity contribution in [1.82, 2.24) is 9.97 Å². The van der Waals surface area contributed by atoms with E-state index in [-0.39, 0.29) is 5.91 Å². The highest BCUT2D eigenvalue weighted by atomic mass is 16.5. The second kappa shape index (κ2) is 8.99. The molecular weight excluding hydrogens is 352 g/mol. The van der Waals surface area contributed by atoms with Crippen molar-refractivity contribution in [3.63, 3.8) is 0 Å². The molecule has 6 nitrogen and oxygen atoms in total. The number of amides is 1. The van der Waals surface area contributed by atoms with Gasteiger partial charge in [-0.05, 0) is 55.3 Å². The standard InChI is InChI=1S/C22H24N4O2/c1-15(2)13-28-20-6-4-5-17(12-20)22(27)26-19-9-7-18(8-10-19)25-21-11-16(3)23-14-24-21/h4-12,14-15H,13H2,1-3H3,(H,26,27)(H,23,24,25). The molecule has 1 amide bonds. The summed E-state index contributed by atoms with van der Waals surface area (Å²) in [5, 5.41) is 6.11. The number of carbonyl (C=O) groups excluding carboxylic acids is 1. The molecule has 28 heavy (non-hydrogen) atoms. The minimum absolute atomic E-state index is 0.179. The number of benzene rings is 2. The zero-order valence-corrected chi connectivity index (χ0v) is 16.3. The van der Waals surface area contributed by atoms with Crippen LogP contribution in [-0.2, 0) is 0 Å². The van der Waals surface area contributed by atoms with Gasteiger partial charge in [-0.15, -0.1) is 0 Å². The molecule has 0 saturated carbocycles. The molecule has 0 aliphatic rings. The number of ether oxygens (including phenoxy) is 1. The van der Waals surface area contributed by atoms with Crippen LogP contribution in [0.25, 0.3) is 0 Å². The van der Waals surface area contributed by atoms with Gasteiger partial charge < -0.3 is 15.4 Å². The molecule has 0 radical (unpaired) electrons. The van der Waals surface area contributed by atoms with Gasteiger partial charge in [0.1, 0.15) is 17.9 Å². The van der Waals surface area contributed by atoms with Crippen molar-refractivity contribution in [2.24, 2.45) is 5.92 Å². The zero-order valence-electron chi connectivity index (χ0n) is 16.3. The van der Waals surface area contributed by atoms with E-state index in [0.29, 0.717) is 29.5 Å². The predicted molar refractivity (Wildman–Crippen MR) is 111 cm³/mol. The number of hydrogen-bond donors (Lipinski definition) is 2. The fourth-order valence-corrected chi connectivity index (χ4v) is 2.50. The van der Waals surface area contributed by atoms with E-state index in [0.717, 1.165) is 17.2 Å². The molecule has 2 aromatic carbocycles. The molecule has 3 rings (SSSR count). The van der Waals surface area contributed by atoms with Crippen LogP contribution in [0.5, 0.6) is 5.75 Å². The third-order valence-corrected chi connectivity index (χ3v) is 3.90. The van der Waals surface area contributed by atoms with E-state index in [1.807, 2.05) is 49.4 Å². The Balaban J connectivity index is 1.62. The maximum Gasteiger partial charge on any atom is 0.255 e. The third kappa shape index (κ3) is 5.54. The number of rotatable bonds is 7. The summed E-state index contributed by atoms with van der Waals surface area (Å²) < 4.78 is 5.69. The van der Waals surface area contributed by atoms with Crippen LogP contribution in [0.15, 0.2) is 60.9 Å². The molecule has 0 fully saturated rings. The molecule has 144 valence electrons. The van der Waals surface area contributed by atoms with Gasteiger partial charge in [0.05, 0.1) is 6.61 Å². The third-order valence-electron chi connectivity index (χ3n) is 3.90. The Morgan fingerprint density at radius 2 is 1.79 bits per heavy atom. The van der Waals surface area contributed by atoms with Crippen molar-refractivity contribution in [1.29, 1.82) is 0 Å². The lowest BCUT2D eigenvalue weighted by Crippen LogP contribution is -2.12. The predicted octanol–water partition coefficient (Wildman–Crippen LogP) is 4.82. The first-order valence-electron chi connectivity index (χ1n) is 9.19. The molecular formula is C22H24N4O2. The topological polar surface area (TPSA) is 76.1 Å². The number of nitrogens with one attached hydrogen (secondary N) is 2. The van der Waals surface area contributed by atoms with Crippen LogP contribution in [0, 0.1) is 12.8 Å². The van der Waals surface area contributed by atoms with Crippen LogP contribution in [0.4, 0.5) is 17.2 Å². The summed E-state index contributed by atoms with van der Waals surface area (Å²) in [5.41, 5.74) is 3.03. The average Bonchev–Trinajstić information content (AvgIpc) is 2.68. The Bertz CT molecular complexity index is 939. The van der Waals surface area contributed by atoms with Gasteiger partial charge in [-0.3, -0.25) is 4.79 Å². The molecule has 6 heteroatoms. The van der Waals surface area contributed by atoms with Gasteiger partial charge in [-0.25, -0.2) is 9.97 Å². The van der Waals surface area contributed by atoms with E-state index in [4.69, 9.17) is 4.74 Å². The Kier molecular flexibility index (Phi) is 6.22. The van der Waals surface area contributed by atoms with Crippen LogP contribution in [0.1, 0.15) is 29.9 Å². The van der Waals surface area contributed by atoms with E-state index < -0.39 is 0 Å². The molecule has 2 N–H and O–H groups in total. The van der Waals surface area contributed by atoms with Crippen LogP contribution in [0.2, 0.25) is 0 Å². The maximum absolute atomic E-state index is 12.5. The van der Waals surface area contributed by atoms with Gasteiger partial charge in [0, 0.05) is 28.7 Å². The molecule has 0 spiro atoms. The fraction of sp³-hybridized carbons (Fsp3) is 0.227. The molecule has 1 heterocycles. The number of hydrogen-bond acceptors (Lipinski definition) is 5. The van der Waals surface area contributed by atoms with E-state index in [2.05, 4.69) is 34.4 Å². The van der Waals surface area contributed by atoms with Gasteiger partial charge in [0.15, 0.2) is 0 Å². The second-order valence-electron chi connectivity index (χ2n) is 6.93. The highest BCUT2D eigenvalue weighted by Gasteiger charge is 2.08. The molecule has 0 saturated heterocycles. The van der Waals surface area contributed by atoms with E-state index in [1.165, 1.54) is 6.33 Å². The minimum atomic E-state index is -0.179. The molecule has 3 aromatic rings. The van der Waals surface area contributed by atoms with Gasteiger partial charge in [-0.1, -0.05) is 19.9 Å². The monoisotopic (exact) mass is 376 g/mol. The zero-order chi connectivity index (χ0) is 19.9. The number of aromatic nitrogens is 2. The maximum atomic E-state index is 12.5. The first kappa shape index (κ1) is 19.4. The van der Waals surface area contributed by atoms with Crippen LogP contribution < -0.4 is 15.4 Å². The SMILES string of the molecule is Cc1cc(Nc2ccc(NC(=O)c3cccc(OCC(C)C)c3)cc2)ncn1. The van der Waals surface area contributed by atoms with E-state index >= 15 is 0 Å². The summed E-state index contributed by atoms with van der Waals surface area (Å²) >= 11 is 0. The first-order chi connectivity index (χ1) is 13.5. The van der Waals surface area contributed by atoms with E-state index in [1.54, 1.807) is 12.1 Å². The molecule has 1 aromatic heterocycles. The number of anilines is 3. The minimum Gasteiger partial charge on any atom is -0.493 e. The van der Waals surface area contributed by atoms with Crippen molar-refractivity contribution in [2.75, 3.05) is 17.2 Å². The smallest absolute Gasteiger partial charge is 0.255 e. The molecule has 0 bridgehead atoms. The molecule has 0 atom stereocenters. The van der Waals surface area contributed by atoms with Crippen molar-refractivity contribution < 1.29 is 9.53 Å². The summed E-state index contributed by atoms with van der Waals surface area (Å²) in [6, 6.07) is 16.5. The highest BCUT2D eigenvalue weighted by molar-refractivity contribution is 6.04. The van der Waals surface area contributed by atoms with E-state index in [9.17, 15) is 4.79 Å². The van der Waals surface area contributed by atoms with Gasteiger partial charge >= 0.3 is 0 Å². The summed E-state index contributed by atoms with van der Waals surface area (Å²) in [4.78, 5) is 20.8. The van der Waals surface area contributed by atoms with Crippen LogP contribution >= 0.6 is 0 Å². The number of nitrogens with zero attached hydrogens (tertiary/aromatic N) is 2. The van der Waals surface area contributed by atoms with Crippen LogP contribution in [-0.4, -0.2) is 22.5 Å². The molecule has 0 unspecified atom stereocenters. The highest BCUT2D eigenvalue weighted by Crippen LogP contribution is 2.19. The Morgan fingerprint density at radius 1 is 1.04 bits per heavy atom. The van der Waals surface area contributed by atoms with Gasteiger partial charge in [0.25, 0.3) is 5.91 Å². The average molecular weight is 376 g/mol. The Morgan fingerprint density at radius 3 is 2.50 bits per heavy atom. The number of aryl methyl sites for hydroxylation is 1. The summed E-state index contributed by atoms with van der Waals surface area (Å²) in [7, 11) is 0. The lowest BCUT2D eigenvalue weighted by molar-refractivity contribution is 0.102. The molecule has 0 aliphatic carbocycles. The van der Waals surface area contributed by atoms with Gasteiger partial charge in [-0.2, -0.15) is 0 Å². The molecule has 0 aliphatic heterocycles. The quantitative estimate of drug-likeness (QED) is 0.618. The van der Waals surface area contributed by atoms with Crippen molar-refractivity contribution in [2.45, 2.75) is 20.8 Å². The van der Waals surface area contributed by atoms with Crippen LogP contribution in [0.3, 0.4) is 0 Å². The van der Waals surface area contributed by atoms with Crippen molar-refractivity contribution in [3.8, 4) is 5.75 Å². The lowest BCUT2D eigenvalue weighted by atomic mass is 10.2. The summed E-state index contributed by atoms with van der Waals surface area (Å²) in [6.45, 7) is 6.70. The first-order valence-corrected chi connectivity index (χ1v) is 9.19. The Labute approximate surface area is 165 Å². The normalized spacial score (nSPS) is 10.6. The summed E-state index contributed by atoms with van der Waals surface area (Å²) in [6.07, 6.45) is 1.52.